The van der Waals surface area contributed by atoms with Crippen molar-refractivity contribution in [2.45, 2.75) is 46.3 Å². The molecule has 1 aromatic rings. The highest BCUT2D eigenvalue weighted by atomic mass is 16.3. The van der Waals surface area contributed by atoms with Crippen LogP contribution in [0.5, 0.6) is 0 Å². The second kappa shape index (κ2) is 4.79. The molecule has 0 bridgehead atoms. The van der Waals surface area contributed by atoms with Crippen LogP contribution in [-0.2, 0) is 0 Å². The van der Waals surface area contributed by atoms with Crippen molar-refractivity contribution in [2.24, 2.45) is 0 Å². The molecule has 0 amide bonds. The Hall–Kier alpha value is -0.860. The topological polar surface area (TPSA) is 23.5 Å². The van der Waals surface area contributed by atoms with Gasteiger partial charge in [0.2, 0.25) is 0 Å². The monoisotopic (exact) mass is 235 g/mol. The largest absolute Gasteiger partial charge is 0.388 e. The molecule has 0 heterocycles. The fraction of sp³-hybridized carbons (Fsp3) is 0.600. The number of aryl methyl sites for hydroxylation is 3. The molecule has 0 aliphatic carbocycles. The van der Waals surface area contributed by atoms with Crippen molar-refractivity contribution in [2.75, 3.05) is 14.1 Å². The Morgan fingerprint density at radius 3 is 1.76 bits per heavy atom. The van der Waals surface area contributed by atoms with E-state index in [0.29, 0.717) is 0 Å². The van der Waals surface area contributed by atoms with Gasteiger partial charge in [-0.15, -0.1) is 0 Å². The third-order valence-corrected chi connectivity index (χ3v) is 3.20. The highest BCUT2D eigenvalue weighted by Gasteiger charge is 2.32. The van der Waals surface area contributed by atoms with E-state index in [9.17, 15) is 5.11 Å². The Morgan fingerprint density at radius 1 is 1.06 bits per heavy atom. The SMILES string of the molecule is Cc1cc(C)c(C(N(C)C)C(C)(C)O)c(C)c1. The van der Waals surface area contributed by atoms with E-state index >= 15 is 0 Å². The molecule has 1 aromatic carbocycles. The van der Waals surface area contributed by atoms with Gasteiger partial charge in [0.1, 0.15) is 0 Å². The number of hydrogen-bond donors (Lipinski definition) is 1. The van der Waals surface area contributed by atoms with E-state index in [1.165, 1.54) is 22.3 Å². The molecule has 0 spiro atoms. The maximum atomic E-state index is 10.4. The summed E-state index contributed by atoms with van der Waals surface area (Å²) in [5, 5.41) is 10.4. The fourth-order valence-electron chi connectivity index (χ4n) is 2.87. The number of nitrogens with zero attached hydrogens (tertiary/aromatic N) is 1. The van der Waals surface area contributed by atoms with Crippen molar-refractivity contribution in [3.05, 3.63) is 34.4 Å². The van der Waals surface area contributed by atoms with E-state index in [1.54, 1.807) is 0 Å². The van der Waals surface area contributed by atoms with Gasteiger partial charge in [-0.05, 0) is 65.4 Å². The third-order valence-electron chi connectivity index (χ3n) is 3.20. The second-order valence-corrected chi connectivity index (χ2v) is 5.83. The molecule has 96 valence electrons. The van der Waals surface area contributed by atoms with E-state index in [-0.39, 0.29) is 6.04 Å². The van der Waals surface area contributed by atoms with Crippen molar-refractivity contribution >= 4 is 0 Å². The van der Waals surface area contributed by atoms with Crippen LogP contribution in [0.2, 0.25) is 0 Å². The van der Waals surface area contributed by atoms with Gasteiger partial charge in [0, 0.05) is 0 Å². The number of hydrogen-bond acceptors (Lipinski definition) is 2. The maximum Gasteiger partial charge on any atom is 0.0787 e. The average molecular weight is 235 g/mol. The van der Waals surface area contributed by atoms with Crippen LogP contribution in [0, 0.1) is 20.8 Å². The zero-order chi connectivity index (χ0) is 13.4. The molecule has 1 rings (SSSR count). The van der Waals surface area contributed by atoms with Crippen LogP contribution in [0.4, 0.5) is 0 Å². The molecule has 1 N–H and O–H groups in total. The van der Waals surface area contributed by atoms with Gasteiger partial charge in [0.15, 0.2) is 0 Å². The summed E-state index contributed by atoms with van der Waals surface area (Å²) in [5.74, 6) is 0. The van der Waals surface area contributed by atoms with Gasteiger partial charge >= 0.3 is 0 Å². The minimum atomic E-state index is -0.756. The van der Waals surface area contributed by atoms with Crippen LogP contribution in [0.15, 0.2) is 12.1 Å². The predicted octanol–water partition coefficient (Wildman–Crippen LogP) is 2.99. The number of benzene rings is 1. The summed E-state index contributed by atoms with van der Waals surface area (Å²) in [7, 11) is 4.03. The number of likely N-dealkylation sites (N-methyl/N-ethyl adjacent to an activating group) is 1. The second-order valence-electron chi connectivity index (χ2n) is 5.83. The zero-order valence-corrected chi connectivity index (χ0v) is 12.1. The number of aliphatic hydroxyl groups is 1. The number of rotatable bonds is 3. The molecule has 0 aliphatic rings. The normalized spacial score (nSPS) is 14.2. The molecule has 0 saturated heterocycles. The Morgan fingerprint density at radius 2 is 1.47 bits per heavy atom. The van der Waals surface area contributed by atoms with E-state index in [1.807, 2.05) is 27.9 Å². The van der Waals surface area contributed by atoms with Crippen molar-refractivity contribution in [1.82, 2.24) is 4.90 Å². The first-order valence-corrected chi connectivity index (χ1v) is 6.11. The van der Waals surface area contributed by atoms with E-state index in [0.717, 1.165) is 0 Å². The summed E-state index contributed by atoms with van der Waals surface area (Å²) in [6.45, 7) is 10.1. The molecule has 0 aliphatic heterocycles. The first-order valence-electron chi connectivity index (χ1n) is 6.11. The highest BCUT2D eigenvalue weighted by Crippen LogP contribution is 2.34. The Labute approximate surface area is 105 Å². The van der Waals surface area contributed by atoms with Gasteiger partial charge in [-0.25, -0.2) is 0 Å². The molecule has 0 saturated carbocycles. The van der Waals surface area contributed by atoms with Crippen LogP contribution in [-0.4, -0.2) is 29.7 Å². The van der Waals surface area contributed by atoms with Crippen LogP contribution < -0.4 is 0 Å². The van der Waals surface area contributed by atoms with Gasteiger partial charge < -0.3 is 5.11 Å². The Balaban J connectivity index is 3.39. The molecule has 1 unspecified atom stereocenters. The Kier molecular flexibility index (Phi) is 4.00. The minimum Gasteiger partial charge on any atom is -0.388 e. The lowest BCUT2D eigenvalue weighted by atomic mass is 9.85. The summed E-state index contributed by atoms with van der Waals surface area (Å²) in [6, 6.07) is 4.39. The third kappa shape index (κ3) is 3.08. The molecule has 2 heteroatoms. The van der Waals surface area contributed by atoms with Crippen LogP contribution in [0.25, 0.3) is 0 Å². The summed E-state index contributed by atoms with van der Waals surface area (Å²) in [5.41, 5.74) is 4.27. The van der Waals surface area contributed by atoms with E-state index < -0.39 is 5.60 Å². The molecule has 17 heavy (non-hydrogen) atoms. The first-order chi connectivity index (χ1) is 7.64. The maximum absolute atomic E-state index is 10.4. The summed E-state index contributed by atoms with van der Waals surface area (Å²) >= 11 is 0. The van der Waals surface area contributed by atoms with Gasteiger partial charge in [-0.2, -0.15) is 0 Å². The van der Waals surface area contributed by atoms with Crippen LogP contribution in [0.3, 0.4) is 0 Å². The van der Waals surface area contributed by atoms with Crippen molar-refractivity contribution in [3.63, 3.8) is 0 Å². The smallest absolute Gasteiger partial charge is 0.0787 e. The minimum absolute atomic E-state index is 0.0168. The van der Waals surface area contributed by atoms with Crippen molar-refractivity contribution in [1.29, 1.82) is 0 Å². The zero-order valence-electron chi connectivity index (χ0n) is 12.1. The summed E-state index contributed by atoms with van der Waals surface area (Å²) in [4.78, 5) is 2.09. The molecule has 0 radical (unpaired) electrons. The molecule has 2 nitrogen and oxygen atoms in total. The molecule has 1 atom stereocenters. The lowest BCUT2D eigenvalue weighted by molar-refractivity contribution is -0.00371. The van der Waals surface area contributed by atoms with Crippen molar-refractivity contribution < 1.29 is 5.11 Å². The highest BCUT2D eigenvalue weighted by molar-refractivity contribution is 5.40. The standard InChI is InChI=1S/C15H25NO/c1-10-8-11(2)13(12(3)9-10)14(16(6)7)15(4,5)17/h8-9,14,17H,1-7H3. The quantitative estimate of drug-likeness (QED) is 0.870. The lowest BCUT2D eigenvalue weighted by Gasteiger charge is -2.37. The molecular formula is C15H25NO. The molecular weight excluding hydrogens is 210 g/mol. The van der Waals surface area contributed by atoms with E-state index in [2.05, 4.69) is 37.8 Å². The van der Waals surface area contributed by atoms with Gasteiger partial charge in [0.25, 0.3) is 0 Å². The average Bonchev–Trinajstić information content (AvgIpc) is 2.07. The van der Waals surface area contributed by atoms with Gasteiger partial charge in [0.05, 0.1) is 11.6 Å². The van der Waals surface area contributed by atoms with Crippen LogP contribution >= 0.6 is 0 Å². The summed E-state index contributed by atoms with van der Waals surface area (Å²) < 4.78 is 0. The molecule has 0 fully saturated rings. The van der Waals surface area contributed by atoms with Crippen LogP contribution in [0.1, 0.15) is 42.1 Å². The summed E-state index contributed by atoms with van der Waals surface area (Å²) in [6.07, 6.45) is 0. The molecule has 0 aromatic heterocycles. The fourth-order valence-corrected chi connectivity index (χ4v) is 2.87. The first kappa shape index (κ1) is 14.2. The lowest BCUT2D eigenvalue weighted by Crippen LogP contribution is -2.39. The van der Waals surface area contributed by atoms with Gasteiger partial charge in [-0.3, -0.25) is 4.90 Å². The Bertz CT molecular complexity index is 379. The predicted molar refractivity (Wildman–Crippen MR) is 73.4 cm³/mol. The van der Waals surface area contributed by atoms with Crippen molar-refractivity contribution in [3.8, 4) is 0 Å². The van der Waals surface area contributed by atoms with E-state index in [4.69, 9.17) is 0 Å². The van der Waals surface area contributed by atoms with Gasteiger partial charge in [-0.1, -0.05) is 17.7 Å².